The summed E-state index contributed by atoms with van der Waals surface area (Å²) < 4.78 is 33.9. The van der Waals surface area contributed by atoms with Gasteiger partial charge in [0, 0.05) is 23.7 Å². The number of nitrogens with one attached hydrogen (secondary N) is 1. The Morgan fingerprint density at radius 3 is 2.42 bits per heavy atom. The lowest BCUT2D eigenvalue weighted by Gasteiger charge is -2.17. The molecule has 4 rings (SSSR count). The number of benzene rings is 2. The number of amides is 1. The first-order valence-corrected chi connectivity index (χ1v) is 12.6. The molecule has 0 aliphatic carbocycles. The van der Waals surface area contributed by atoms with E-state index in [0.717, 1.165) is 31.2 Å². The number of rotatable bonds is 5. The predicted molar refractivity (Wildman–Crippen MR) is 126 cm³/mol. The number of carbonyl (C=O) groups excluding carboxylic acids is 1. The topological polar surface area (TPSA) is 105 Å². The van der Waals surface area contributed by atoms with Crippen LogP contribution in [0.25, 0.3) is 11.4 Å². The van der Waals surface area contributed by atoms with Crippen LogP contribution in [0.5, 0.6) is 0 Å². The minimum Gasteiger partial charge on any atom is -0.334 e. The van der Waals surface area contributed by atoms with E-state index in [4.69, 9.17) is 16.1 Å². The third-order valence-corrected chi connectivity index (χ3v) is 7.59. The maximum absolute atomic E-state index is 13.1. The molecular weight excluding hydrogens is 464 g/mol. The lowest BCUT2D eigenvalue weighted by Crippen LogP contribution is -2.32. The van der Waals surface area contributed by atoms with Crippen molar-refractivity contribution in [2.75, 3.05) is 17.8 Å². The summed E-state index contributed by atoms with van der Waals surface area (Å²) in [6, 6.07) is 9.79. The lowest BCUT2D eigenvalue weighted by molar-refractivity contribution is 0.0711. The summed E-state index contributed by atoms with van der Waals surface area (Å²) in [5.74, 6) is -0.235. The fourth-order valence-electron chi connectivity index (χ4n) is 3.73. The van der Waals surface area contributed by atoms with Crippen molar-refractivity contribution in [3.63, 3.8) is 0 Å². The van der Waals surface area contributed by atoms with Crippen molar-refractivity contribution >= 4 is 33.2 Å². The highest BCUT2D eigenvalue weighted by Gasteiger charge is 2.25. The van der Waals surface area contributed by atoms with Crippen molar-refractivity contribution in [3.8, 4) is 11.4 Å². The molecule has 1 aromatic heterocycles. The van der Waals surface area contributed by atoms with E-state index in [9.17, 15) is 13.2 Å². The Bertz CT molecular complexity index is 1280. The Labute approximate surface area is 198 Å². The quantitative estimate of drug-likeness (QED) is 0.551. The van der Waals surface area contributed by atoms with Gasteiger partial charge in [0.05, 0.1) is 10.6 Å². The molecule has 0 bridgehead atoms. The molecule has 0 saturated carbocycles. The number of nitrogens with zero attached hydrogens (tertiary/aromatic N) is 3. The van der Waals surface area contributed by atoms with E-state index in [-0.39, 0.29) is 22.5 Å². The molecule has 1 aliphatic rings. The van der Waals surface area contributed by atoms with E-state index in [0.29, 0.717) is 34.9 Å². The average molecular weight is 489 g/mol. The minimum atomic E-state index is -3.90. The second-order valence-corrected chi connectivity index (χ2v) is 10.2. The van der Waals surface area contributed by atoms with Gasteiger partial charge in [0.15, 0.2) is 0 Å². The van der Waals surface area contributed by atoms with Gasteiger partial charge in [0.1, 0.15) is 0 Å². The molecule has 2 heterocycles. The Balaban J connectivity index is 1.59. The van der Waals surface area contributed by atoms with Crippen molar-refractivity contribution < 1.29 is 17.7 Å². The molecule has 1 fully saturated rings. The minimum absolute atomic E-state index is 0.0712. The zero-order valence-corrected chi connectivity index (χ0v) is 20.0. The normalized spacial score (nSPS) is 14.7. The fraction of sp³-hybridized carbons (Fsp3) is 0.348. The maximum Gasteiger partial charge on any atom is 0.316 e. The van der Waals surface area contributed by atoms with Gasteiger partial charge in [-0.05, 0) is 56.0 Å². The Morgan fingerprint density at radius 2 is 1.73 bits per heavy atom. The van der Waals surface area contributed by atoms with Crippen LogP contribution in [0.1, 0.15) is 47.5 Å². The second-order valence-electron chi connectivity index (χ2n) is 8.18. The first-order chi connectivity index (χ1) is 15.7. The maximum atomic E-state index is 13.1. The third-order valence-electron chi connectivity index (χ3n) is 5.66. The van der Waals surface area contributed by atoms with Gasteiger partial charge in [-0.25, -0.2) is 8.42 Å². The number of anilines is 1. The molecule has 2 aromatic carbocycles. The summed E-state index contributed by atoms with van der Waals surface area (Å²) in [6.45, 7) is 4.87. The number of hydrogen-bond acceptors (Lipinski definition) is 6. The molecule has 0 atom stereocenters. The van der Waals surface area contributed by atoms with E-state index in [1.807, 2.05) is 6.92 Å². The van der Waals surface area contributed by atoms with Gasteiger partial charge in [-0.3, -0.25) is 9.52 Å². The number of aromatic nitrogens is 2. The molecule has 1 aliphatic heterocycles. The summed E-state index contributed by atoms with van der Waals surface area (Å²) >= 11 is 6.13. The van der Waals surface area contributed by atoms with Gasteiger partial charge in [-0.15, -0.1) is 0 Å². The highest BCUT2D eigenvalue weighted by molar-refractivity contribution is 7.92. The van der Waals surface area contributed by atoms with Crippen LogP contribution in [0.15, 0.2) is 45.8 Å². The van der Waals surface area contributed by atoms with Crippen molar-refractivity contribution in [2.45, 2.75) is 44.4 Å². The first-order valence-electron chi connectivity index (χ1n) is 10.8. The first kappa shape index (κ1) is 23.3. The van der Waals surface area contributed by atoms with E-state index >= 15 is 0 Å². The number of carbonyl (C=O) groups is 1. The second kappa shape index (κ2) is 9.52. The van der Waals surface area contributed by atoms with E-state index in [2.05, 4.69) is 14.9 Å². The summed E-state index contributed by atoms with van der Waals surface area (Å²) in [4.78, 5) is 18.8. The van der Waals surface area contributed by atoms with Gasteiger partial charge in [-0.2, -0.15) is 4.98 Å². The van der Waals surface area contributed by atoms with Crippen molar-refractivity contribution in [3.05, 3.63) is 58.4 Å². The third kappa shape index (κ3) is 5.20. The predicted octanol–water partition coefficient (Wildman–Crippen LogP) is 4.82. The number of sulfonamides is 1. The van der Waals surface area contributed by atoms with Crippen molar-refractivity contribution in [1.29, 1.82) is 0 Å². The number of likely N-dealkylation sites (tertiary alicyclic amines) is 1. The number of hydrogen-bond donors (Lipinski definition) is 1. The van der Waals surface area contributed by atoms with Crippen LogP contribution in [0.3, 0.4) is 0 Å². The molecule has 1 N–H and O–H groups in total. The highest BCUT2D eigenvalue weighted by atomic mass is 35.5. The molecule has 174 valence electrons. The van der Waals surface area contributed by atoms with Crippen LogP contribution in [0.2, 0.25) is 5.02 Å². The Morgan fingerprint density at radius 1 is 1.03 bits per heavy atom. The lowest BCUT2D eigenvalue weighted by atomic mass is 10.1. The molecule has 0 unspecified atom stereocenters. The molecule has 10 heteroatoms. The Hall–Kier alpha value is -2.91. The molecule has 3 aromatic rings. The van der Waals surface area contributed by atoms with Crippen molar-refractivity contribution in [2.24, 2.45) is 0 Å². The summed E-state index contributed by atoms with van der Waals surface area (Å²) in [5, 5.41) is 4.38. The summed E-state index contributed by atoms with van der Waals surface area (Å²) in [6.07, 6.45) is 4.10. The van der Waals surface area contributed by atoms with Gasteiger partial charge >= 0.3 is 11.8 Å². The Kier molecular flexibility index (Phi) is 6.71. The standard InChI is InChI=1S/C23H25ClN4O4S/c1-15-8-10-18(14-19(15)24)27-33(30,31)20-13-17(9-7-16(20)2)21-25-22(32-26-21)23(29)28-11-5-3-4-6-12-28/h7-10,13-14,27H,3-6,11-12H2,1-2H3. The molecule has 33 heavy (non-hydrogen) atoms. The van der Waals surface area contributed by atoms with E-state index in [1.165, 1.54) is 6.07 Å². The summed E-state index contributed by atoms with van der Waals surface area (Å²) in [5.41, 5.74) is 2.19. The molecule has 1 saturated heterocycles. The van der Waals surface area contributed by atoms with Gasteiger partial charge < -0.3 is 9.42 Å². The molecule has 0 spiro atoms. The highest BCUT2D eigenvalue weighted by Crippen LogP contribution is 2.27. The zero-order valence-electron chi connectivity index (χ0n) is 18.5. The fourth-order valence-corrected chi connectivity index (χ4v) is 5.23. The van der Waals surface area contributed by atoms with E-state index in [1.54, 1.807) is 42.2 Å². The summed E-state index contributed by atoms with van der Waals surface area (Å²) in [7, 11) is -3.90. The van der Waals surface area contributed by atoms with Gasteiger partial charge in [0.25, 0.3) is 10.0 Å². The van der Waals surface area contributed by atoms with Gasteiger partial charge in [-0.1, -0.05) is 47.8 Å². The monoisotopic (exact) mass is 488 g/mol. The largest absolute Gasteiger partial charge is 0.334 e. The molecular formula is C23H25ClN4O4S. The van der Waals surface area contributed by atoms with Crippen LogP contribution in [-0.4, -0.2) is 42.5 Å². The average Bonchev–Trinajstić information content (AvgIpc) is 3.11. The van der Waals surface area contributed by atoms with Crippen LogP contribution in [0.4, 0.5) is 5.69 Å². The number of halogens is 1. The zero-order chi connectivity index (χ0) is 23.6. The van der Waals surface area contributed by atoms with Crippen molar-refractivity contribution in [1.82, 2.24) is 15.0 Å². The van der Waals surface area contributed by atoms with Crippen LogP contribution >= 0.6 is 11.6 Å². The number of aryl methyl sites for hydroxylation is 2. The molecule has 0 radical (unpaired) electrons. The van der Waals surface area contributed by atoms with Gasteiger partial charge in [0.2, 0.25) is 5.82 Å². The SMILES string of the molecule is Cc1ccc(NS(=O)(=O)c2cc(-c3noc(C(=O)N4CCCCCC4)n3)ccc2C)cc1Cl. The van der Waals surface area contributed by atoms with Crippen LogP contribution < -0.4 is 4.72 Å². The smallest absolute Gasteiger partial charge is 0.316 e. The van der Waals surface area contributed by atoms with Crippen LogP contribution in [0, 0.1) is 13.8 Å². The molecule has 1 amide bonds. The van der Waals surface area contributed by atoms with E-state index < -0.39 is 10.0 Å². The molecule has 8 nitrogen and oxygen atoms in total. The van der Waals surface area contributed by atoms with Crippen LogP contribution in [-0.2, 0) is 10.0 Å².